The Hall–Kier alpha value is -1.29. The first kappa shape index (κ1) is 11.8. The van der Waals surface area contributed by atoms with Gasteiger partial charge in [0.15, 0.2) is 0 Å². The molecule has 0 amide bonds. The van der Waals surface area contributed by atoms with Gasteiger partial charge < -0.3 is 14.4 Å². The molecule has 0 unspecified atom stereocenters. The third kappa shape index (κ3) is 3.40. The van der Waals surface area contributed by atoms with Gasteiger partial charge in [0, 0.05) is 20.2 Å². The number of rotatable bonds is 2. The first-order valence-electron chi connectivity index (χ1n) is 4.57. The molecule has 0 radical (unpaired) electrons. The first-order chi connectivity index (χ1) is 7.02. The van der Waals surface area contributed by atoms with E-state index in [9.17, 15) is 0 Å². The highest BCUT2D eigenvalue weighted by Gasteiger charge is 2.04. The van der Waals surface area contributed by atoms with Gasteiger partial charge in [-0.3, -0.25) is 0 Å². The molecule has 0 aliphatic carbocycles. The first-order valence-corrected chi connectivity index (χ1v) is 4.98. The highest BCUT2D eigenvalue weighted by atomic mass is 32.1. The Morgan fingerprint density at radius 3 is 2.33 bits per heavy atom. The Balaban J connectivity index is 2.85. The van der Waals surface area contributed by atoms with Crippen LogP contribution < -0.4 is 9.47 Å². The van der Waals surface area contributed by atoms with E-state index in [1.807, 2.05) is 39.2 Å². The van der Waals surface area contributed by atoms with Crippen LogP contribution in [0.4, 0.5) is 0 Å². The molecular formula is C11H15NO2S. The van der Waals surface area contributed by atoms with E-state index in [-0.39, 0.29) is 0 Å². The molecule has 0 bridgehead atoms. The summed E-state index contributed by atoms with van der Waals surface area (Å²) in [5.74, 6) is 1.47. The molecule has 15 heavy (non-hydrogen) atoms. The molecule has 0 saturated carbocycles. The van der Waals surface area contributed by atoms with Gasteiger partial charge in [-0.05, 0) is 36.8 Å². The summed E-state index contributed by atoms with van der Waals surface area (Å²) in [6, 6.07) is 5.66. The van der Waals surface area contributed by atoms with Gasteiger partial charge in [-0.25, -0.2) is 0 Å². The Bertz CT molecular complexity index is 364. The van der Waals surface area contributed by atoms with E-state index in [1.54, 1.807) is 12.0 Å². The molecule has 1 aromatic rings. The molecule has 0 aliphatic rings. The lowest BCUT2D eigenvalue weighted by atomic mass is 10.2. The predicted octanol–water partition coefficient (Wildman–Crippen LogP) is 2.23. The lowest BCUT2D eigenvalue weighted by molar-refractivity contribution is 0.407. The van der Waals surface area contributed by atoms with Gasteiger partial charge >= 0.3 is 0 Å². The summed E-state index contributed by atoms with van der Waals surface area (Å²) in [5.41, 5.74) is 1.07. The van der Waals surface area contributed by atoms with E-state index in [4.69, 9.17) is 21.7 Å². The maximum atomic E-state index is 5.48. The van der Waals surface area contributed by atoms with Gasteiger partial charge in [0.1, 0.15) is 11.5 Å². The Kier molecular flexibility index (Phi) is 3.91. The number of benzene rings is 1. The van der Waals surface area contributed by atoms with Crippen molar-refractivity contribution in [1.82, 2.24) is 4.90 Å². The van der Waals surface area contributed by atoms with Crippen molar-refractivity contribution in [3.8, 4) is 11.5 Å². The molecule has 0 spiro atoms. The summed E-state index contributed by atoms with van der Waals surface area (Å²) in [4.78, 5) is 1.74. The standard InChI is InChI=1S/C11H15NO2S/c1-8-5-9(13-4)7-10(6-8)14-11(15)12(2)3/h5-7H,1-4H3. The second-order valence-corrected chi connectivity index (χ2v) is 3.80. The third-order valence-electron chi connectivity index (χ3n) is 1.83. The Labute approximate surface area is 95.6 Å². The monoisotopic (exact) mass is 225 g/mol. The fourth-order valence-electron chi connectivity index (χ4n) is 1.08. The minimum atomic E-state index is 0.433. The van der Waals surface area contributed by atoms with Crippen LogP contribution in [-0.2, 0) is 0 Å². The van der Waals surface area contributed by atoms with Gasteiger partial charge in [-0.15, -0.1) is 0 Å². The number of hydrogen-bond acceptors (Lipinski definition) is 3. The van der Waals surface area contributed by atoms with E-state index in [0.717, 1.165) is 11.3 Å². The Morgan fingerprint density at radius 1 is 1.20 bits per heavy atom. The van der Waals surface area contributed by atoms with Crippen LogP contribution in [0.25, 0.3) is 0 Å². The molecular weight excluding hydrogens is 210 g/mol. The van der Waals surface area contributed by atoms with Crippen LogP contribution in [-0.4, -0.2) is 31.3 Å². The summed E-state index contributed by atoms with van der Waals surface area (Å²) >= 11 is 5.05. The van der Waals surface area contributed by atoms with E-state index < -0.39 is 0 Å². The van der Waals surface area contributed by atoms with Crippen molar-refractivity contribution in [2.45, 2.75) is 6.92 Å². The van der Waals surface area contributed by atoms with Crippen LogP contribution >= 0.6 is 12.2 Å². The van der Waals surface area contributed by atoms with E-state index in [0.29, 0.717) is 10.9 Å². The van der Waals surface area contributed by atoms with Crippen LogP contribution in [0.3, 0.4) is 0 Å². The summed E-state index contributed by atoms with van der Waals surface area (Å²) in [6.45, 7) is 1.98. The fraction of sp³-hybridized carbons (Fsp3) is 0.364. The van der Waals surface area contributed by atoms with Gasteiger partial charge in [-0.2, -0.15) is 0 Å². The Morgan fingerprint density at radius 2 is 1.80 bits per heavy atom. The normalized spacial score (nSPS) is 9.60. The van der Waals surface area contributed by atoms with Crippen LogP contribution in [0.1, 0.15) is 5.56 Å². The zero-order valence-corrected chi connectivity index (χ0v) is 10.2. The molecule has 0 aromatic heterocycles. The number of hydrogen-bond donors (Lipinski definition) is 0. The SMILES string of the molecule is COc1cc(C)cc(OC(=S)N(C)C)c1. The molecule has 0 saturated heterocycles. The molecule has 0 heterocycles. The average Bonchev–Trinajstić information content (AvgIpc) is 2.16. The summed E-state index contributed by atoms with van der Waals surface area (Å²) in [7, 11) is 5.31. The van der Waals surface area contributed by atoms with Gasteiger partial charge in [0.05, 0.1) is 7.11 Å². The molecule has 4 heteroatoms. The van der Waals surface area contributed by atoms with Crippen molar-refractivity contribution in [1.29, 1.82) is 0 Å². The van der Waals surface area contributed by atoms with Gasteiger partial charge in [0.2, 0.25) is 0 Å². The lowest BCUT2D eigenvalue weighted by Gasteiger charge is -2.14. The average molecular weight is 225 g/mol. The predicted molar refractivity (Wildman–Crippen MR) is 64.6 cm³/mol. The second kappa shape index (κ2) is 4.98. The third-order valence-corrected chi connectivity index (χ3v) is 2.28. The van der Waals surface area contributed by atoms with Crippen LogP contribution in [0.5, 0.6) is 11.5 Å². The second-order valence-electron chi connectivity index (χ2n) is 3.45. The fourth-order valence-corrected chi connectivity index (χ4v) is 1.18. The summed E-state index contributed by atoms with van der Waals surface area (Å²) in [6.07, 6.45) is 0. The van der Waals surface area contributed by atoms with Gasteiger partial charge in [-0.1, -0.05) is 0 Å². The van der Waals surface area contributed by atoms with Crippen molar-refractivity contribution in [2.75, 3.05) is 21.2 Å². The molecule has 1 aromatic carbocycles. The zero-order chi connectivity index (χ0) is 11.4. The van der Waals surface area contributed by atoms with Crippen molar-refractivity contribution < 1.29 is 9.47 Å². The van der Waals surface area contributed by atoms with E-state index >= 15 is 0 Å². The number of thiocarbonyl (C=S) groups is 1. The maximum Gasteiger partial charge on any atom is 0.264 e. The van der Waals surface area contributed by atoms with Crippen LogP contribution in [0.15, 0.2) is 18.2 Å². The molecule has 0 atom stereocenters. The highest BCUT2D eigenvalue weighted by molar-refractivity contribution is 7.80. The zero-order valence-electron chi connectivity index (χ0n) is 9.40. The van der Waals surface area contributed by atoms with Crippen molar-refractivity contribution in [3.05, 3.63) is 23.8 Å². The number of ether oxygens (including phenoxy) is 2. The molecule has 3 nitrogen and oxygen atoms in total. The number of methoxy groups -OCH3 is 1. The van der Waals surface area contributed by atoms with Crippen LogP contribution in [0, 0.1) is 6.92 Å². The van der Waals surface area contributed by atoms with E-state index in [2.05, 4.69) is 0 Å². The molecule has 0 fully saturated rings. The quantitative estimate of drug-likeness (QED) is 0.719. The highest BCUT2D eigenvalue weighted by Crippen LogP contribution is 2.22. The van der Waals surface area contributed by atoms with Gasteiger partial charge in [0.25, 0.3) is 5.17 Å². The molecule has 82 valence electrons. The van der Waals surface area contributed by atoms with E-state index in [1.165, 1.54) is 0 Å². The smallest absolute Gasteiger partial charge is 0.264 e. The lowest BCUT2D eigenvalue weighted by Crippen LogP contribution is -2.24. The number of aryl methyl sites for hydroxylation is 1. The summed E-state index contributed by atoms with van der Waals surface area (Å²) < 4.78 is 10.6. The topological polar surface area (TPSA) is 21.7 Å². The maximum absolute atomic E-state index is 5.48. The van der Waals surface area contributed by atoms with Crippen molar-refractivity contribution >= 4 is 17.4 Å². The minimum absolute atomic E-state index is 0.433. The molecule has 0 aliphatic heterocycles. The minimum Gasteiger partial charge on any atom is -0.497 e. The largest absolute Gasteiger partial charge is 0.497 e. The molecule has 0 N–H and O–H groups in total. The van der Waals surface area contributed by atoms with Crippen LogP contribution in [0.2, 0.25) is 0 Å². The number of nitrogens with zero attached hydrogens (tertiary/aromatic N) is 1. The van der Waals surface area contributed by atoms with Crippen molar-refractivity contribution in [2.24, 2.45) is 0 Å². The van der Waals surface area contributed by atoms with Crippen molar-refractivity contribution in [3.63, 3.8) is 0 Å². The summed E-state index contributed by atoms with van der Waals surface area (Å²) in [5, 5.41) is 0.433. The molecule has 1 rings (SSSR count).